The van der Waals surface area contributed by atoms with Crippen LogP contribution in [-0.4, -0.2) is 32.1 Å². The zero-order valence-corrected chi connectivity index (χ0v) is 10.2. The molecule has 98 valence electrons. The Morgan fingerprint density at radius 3 is 2.67 bits per heavy atom. The van der Waals surface area contributed by atoms with Crippen LogP contribution in [-0.2, 0) is 14.3 Å². The van der Waals surface area contributed by atoms with Gasteiger partial charge in [-0.3, -0.25) is 9.59 Å². The fourth-order valence-corrected chi connectivity index (χ4v) is 1.21. The van der Waals surface area contributed by atoms with Crippen molar-refractivity contribution < 1.29 is 18.7 Å². The lowest BCUT2D eigenvalue weighted by molar-refractivity contribution is -0.136. The van der Waals surface area contributed by atoms with E-state index in [1.807, 2.05) is 0 Å². The maximum absolute atomic E-state index is 13.2. The Morgan fingerprint density at radius 2 is 2.06 bits per heavy atom. The van der Waals surface area contributed by atoms with Crippen molar-refractivity contribution in [3.63, 3.8) is 0 Å². The average Bonchev–Trinajstić information content (AvgIpc) is 2.34. The summed E-state index contributed by atoms with van der Waals surface area (Å²) >= 11 is 0. The first kappa shape index (κ1) is 14.1. The molecule has 2 N–H and O–H groups in total. The van der Waals surface area contributed by atoms with Gasteiger partial charge in [0.15, 0.2) is 0 Å². The average molecular weight is 254 g/mol. The van der Waals surface area contributed by atoms with Crippen LogP contribution < -0.4 is 10.6 Å². The second kappa shape index (κ2) is 6.70. The highest BCUT2D eigenvalue weighted by atomic mass is 19.1. The predicted octanol–water partition coefficient (Wildman–Crippen LogP) is 0.835. The van der Waals surface area contributed by atoms with Gasteiger partial charge in [0.2, 0.25) is 0 Å². The van der Waals surface area contributed by atoms with E-state index in [0.717, 1.165) is 6.07 Å². The number of aryl methyl sites for hydroxylation is 1. The molecule has 0 aliphatic rings. The summed E-state index contributed by atoms with van der Waals surface area (Å²) in [4.78, 5) is 22.7. The second-order valence-electron chi connectivity index (χ2n) is 3.67. The highest BCUT2D eigenvalue weighted by Gasteiger charge is 2.13. The zero-order chi connectivity index (χ0) is 13.5. The molecule has 1 aromatic rings. The van der Waals surface area contributed by atoms with E-state index in [9.17, 15) is 14.0 Å². The molecule has 0 aliphatic carbocycles. The van der Waals surface area contributed by atoms with Gasteiger partial charge in [-0.1, -0.05) is 6.07 Å². The second-order valence-corrected chi connectivity index (χ2v) is 3.67. The summed E-state index contributed by atoms with van der Waals surface area (Å²) in [5.41, 5.74) is 0.711. The molecule has 0 saturated carbocycles. The summed E-state index contributed by atoms with van der Waals surface area (Å²) in [6.45, 7) is 2.17. The molecular formula is C12H15FN2O3. The third-order valence-corrected chi connectivity index (χ3v) is 2.23. The Kier molecular flexibility index (Phi) is 5.26. The van der Waals surface area contributed by atoms with E-state index in [1.165, 1.54) is 19.2 Å². The maximum atomic E-state index is 13.2. The number of halogens is 1. The molecule has 0 unspecified atom stereocenters. The van der Waals surface area contributed by atoms with Crippen LogP contribution in [0.3, 0.4) is 0 Å². The quantitative estimate of drug-likeness (QED) is 0.618. The van der Waals surface area contributed by atoms with Crippen molar-refractivity contribution in [2.45, 2.75) is 6.92 Å². The van der Waals surface area contributed by atoms with E-state index < -0.39 is 17.6 Å². The first-order valence-corrected chi connectivity index (χ1v) is 5.39. The Labute approximate surface area is 104 Å². The highest BCUT2D eigenvalue weighted by molar-refractivity contribution is 6.39. The highest BCUT2D eigenvalue weighted by Crippen LogP contribution is 2.13. The number of amides is 2. The van der Waals surface area contributed by atoms with Gasteiger partial charge in [-0.05, 0) is 24.6 Å². The van der Waals surface area contributed by atoms with Crippen LogP contribution in [0.25, 0.3) is 0 Å². The van der Waals surface area contributed by atoms with Crippen molar-refractivity contribution in [3.05, 3.63) is 29.6 Å². The van der Waals surface area contributed by atoms with E-state index in [1.54, 1.807) is 6.92 Å². The number of nitrogens with one attached hydrogen (secondary N) is 2. The minimum Gasteiger partial charge on any atom is -0.383 e. The first-order valence-electron chi connectivity index (χ1n) is 5.39. The van der Waals surface area contributed by atoms with Crippen molar-refractivity contribution >= 4 is 17.5 Å². The van der Waals surface area contributed by atoms with Crippen LogP contribution in [0.15, 0.2) is 18.2 Å². The van der Waals surface area contributed by atoms with Gasteiger partial charge in [0.1, 0.15) is 5.82 Å². The summed E-state index contributed by atoms with van der Waals surface area (Å²) in [5, 5.41) is 4.66. The number of hydrogen-bond donors (Lipinski definition) is 2. The third kappa shape index (κ3) is 4.14. The number of methoxy groups -OCH3 is 1. The van der Waals surface area contributed by atoms with Gasteiger partial charge in [0.25, 0.3) is 0 Å². The van der Waals surface area contributed by atoms with Crippen molar-refractivity contribution in [3.8, 4) is 0 Å². The summed E-state index contributed by atoms with van der Waals surface area (Å²) in [5.74, 6) is -2.06. The molecule has 1 aromatic carbocycles. The Balaban J connectivity index is 2.53. The number of benzene rings is 1. The molecule has 18 heavy (non-hydrogen) atoms. The van der Waals surface area contributed by atoms with Crippen LogP contribution in [0, 0.1) is 12.7 Å². The first-order chi connectivity index (χ1) is 8.54. The molecule has 5 nitrogen and oxygen atoms in total. The van der Waals surface area contributed by atoms with Crippen molar-refractivity contribution in [2.75, 3.05) is 25.6 Å². The smallest absolute Gasteiger partial charge is 0.313 e. The van der Waals surface area contributed by atoms with Gasteiger partial charge in [-0.25, -0.2) is 4.39 Å². The largest absolute Gasteiger partial charge is 0.383 e. The van der Waals surface area contributed by atoms with Gasteiger partial charge in [-0.15, -0.1) is 0 Å². The number of carbonyl (C=O) groups excluding carboxylic acids is 2. The van der Waals surface area contributed by atoms with Gasteiger partial charge in [-0.2, -0.15) is 0 Å². The van der Waals surface area contributed by atoms with Crippen molar-refractivity contribution in [2.24, 2.45) is 0 Å². The molecule has 2 amide bonds. The van der Waals surface area contributed by atoms with Crippen molar-refractivity contribution in [1.82, 2.24) is 5.32 Å². The molecule has 0 radical (unpaired) electrons. The number of hydrogen-bond acceptors (Lipinski definition) is 3. The SMILES string of the molecule is COCCNC(=O)C(=O)Nc1ccc(C)c(F)c1. The van der Waals surface area contributed by atoms with Gasteiger partial charge >= 0.3 is 11.8 Å². The summed E-state index contributed by atoms with van der Waals surface area (Å²) < 4.78 is 17.9. The van der Waals surface area contributed by atoms with Crippen LogP contribution in [0.1, 0.15) is 5.56 Å². The van der Waals surface area contributed by atoms with Crippen molar-refractivity contribution in [1.29, 1.82) is 0 Å². The Morgan fingerprint density at radius 1 is 1.33 bits per heavy atom. The van der Waals surface area contributed by atoms with Gasteiger partial charge in [0, 0.05) is 19.3 Å². The molecule has 0 aliphatic heterocycles. The van der Waals surface area contributed by atoms with Crippen LogP contribution in [0.2, 0.25) is 0 Å². The van der Waals surface area contributed by atoms with E-state index in [2.05, 4.69) is 10.6 Å². The van der Waals surface area contributed by atoms with E-state index >= 15 is 0 Å². The van der Waals surface area contributed by atoms with Gasteiger partial charge < -0.3 is 15.4 Å². The molecular weight excluding hydrogens is 239 g/mol. The van der Waals surface area contributed by atoms with Crippen LogP contribution in [0.4, 0.5) is 10.1 Å². The van der Waals surface area contributed by atoms with Crippen LogP contribution in [0.5, 0.6) is 0 Å². The lowest BCUT2D eigenvalue weighted by atomic mass is 10.2. The predicted molar refractivity (Wildman–Crippen MR) is 64.7 cm³/mol. The topological polar surface area (TPSA) is 67.4 Å². The monoisotopic (exact) mass is 254 g/mol. The number of anilines is 1. The molecule has 0 spiro atoms. The summed E-state index contributed by atoms with van der Waals surface area (Å²) in [6, 6.07) is 4.21. The Hall–Kier alpha value is -1.95. The standard InChI is InChI=1S/C12H15FN2O3/c1-8-3-4-9(7-10(8)13)15-12(17)11(16)14-5-6-18-2/h3-4,7H,5-6H2,1-2H3,(H,14,16)(H,15,17). The van der Waals surface area contributed by atoms with E-state index in [-0.39, 0.29) is 12.2 Å². The normalized spacial score (nSPS) is 9.94. The molecule has 1 rings (SSSR count). The summed E-state index contributed by atoms with van der Waals surface area (Å²) in [6.07, 6.45) is 0. The van der Waals surface area contributed by atoms with E-state index in [4.69, 9.17) is 4.74 Å². The fraction of sp³-hybridized carbons (Fsp3) is 0.333. The van der Waals surface area contributed by atoms with Crippen LogP contribution >= 0.6 is 0 Å². The number of carbonyl (C=O) groups is 2. The molecule has 0 fully saturated rings. The van der Waals surface area contributed by atoms with Gasteiger partial charge in [0.05, 0.1) is 6.61 Å². The minimum atomic E-state index is -0.839. The third-order valence-electron chi connectivity index (χ3n) is 2.23. The number of ether oxygens (including phenoxy) is 1. The molecule has 0 heterocycles. The minimum absolute atomic E-state index is 0.241. The van der Waals surface area contributed by atoms with E-state index in [0.29, 0.717) is 12.2 Å². The maximum Gasteiger partial charge on any atom is 0.313 e. The fourth-order valence-electron chi connectivity index (χ4n) is 1.21. The molecule has 0 bridgehead atoms. The molecule has 0 saturated heterocycles. The lowest BCUT2D eigenvalue weighted by Gasteiger charge is -2.06. The summed E-state index contributed by atoms with van der Waals surface area (Å²) in [7, 11) is 1.49. The molecule has 0 aromatic heterocycles. The molecule has 6 heteroatoms. The molecule has 0 atom stereocenters. The number of rotatable bonds is 4. The lowest BCUT2D eigenvalue weighted by Crippen LogP contribution is -2.37. The zero-order valence-electron chi connectivity index (χ0n) is 10.2. The Bertz CT molecular complexity index is 449.